The normalized spacial score (nSPS) is 16.3. The largest absolute Gasteiger partial charge is 0.321 e. The summed E-state index contributed by atoms with van der Waals surface area (Å²) >= 11 is 5.82. The first-order valence-electron chi connectivity index (χ1n) is 8.83. The summed E-state index contributed by atoms with van der Waals surface area (Å²) in [5, 5.41) is 4.24. The molecule has 0 saturated carbocycles. The van der Waals surface area contributed by atoms with Gasteiger partial charge >= 0.3 is 0 Å². The van der Waals surface area contributed by atoms with E-state index in [-0.39, 0.29) is 29.7 Å². The van der Waals surface area contributed by atoms with Crippen LogP contribution in [0.3, 0.4) is 0 Å². The molecule has 2 aliphatic rings. The average Bonchev–Trinajstić information content (AvgIpc) is 2.94. The molecule has 29 heavy (non-hydrogen) atoms. The van der Waals surface area contributed by atoms with Crippen molar-refractivity contribution >= 4 is 46.8 Å². The Morgan fingerprint density at radius 3 is 2.17 bits per heavy atom. The van der Waals surface area contributed by atoms with Crippen LogP contribution in [0.25, 0.3) is 0 Å². The van der Waals surface area contributed by atoms with Gasteiger partial charge in [-0.1, -0.05) is 17.7 Å². The Bertz CT molecular complexity index is 1060. The number of carbonyl (C=O) groups excluding carboxylic acids is 5. The van der Waals surface area contributed by atoms with Crippen molar-refractivity contribution in [2.45, 2.75) is 19.3 Å². The van der Waals surface area contributed by atoms with E-state index in [9.17, 15) is 24.0 Å². The van der Waals surface area contributed by atoms with Crippen molar-refractivity contribution in [3.63, 3.8) is 0 Å². The predicted octanol–water partition coefficient (Wildman–Crippen LogP) is 2.64. The maximum atomic E-state index is 13.0. The molecule has 0 aromatic heterocycles. The fraction of sp³-hybridized carbons (Fsp3) is 0.150. The van der Waals surface area contributed by atoms with Crippen LogP contribution in [0.4, 0.5) is 5.69 Å². The lowest BCUT2D eigenvalue weighted by atomic mass is 10.1. The molecular formula is C20H14ClN3O5. The van der Waals surface area contributed by atoms with E-state index in [0.717, 1.165) is 0 Å². The molecule has 1 N–H and O–H groups in total. The minimum Gasteiger partial charge on any atom is -0.321 e. The molecule has 1 fully saturated rings. The number of nitrogens with zero attached hydrogens (tertiary/aromatic N) is 2. The van der Waals surface area contributed by atoms with E-state index in [4.69, 9.17) is 11.6 Å². The van der Waals surface area contributed by atoms with Gasteiger partial charge in [-0.15, -0.1) is 0 Å². The van der Waals surface area contributed by atoms with Crippen molar-refractivity contribution in [3.8, 4) is 0 Å². The second-order valence-corrected chi connectivity index (χ2v) is 7.00. The molecule has 0 aliphatic carbocycles. The molecule has 0 unspecified atom stereocenters. The lowest BCUT2D eigenvalue weighted by Crippen LogP contribution is -2.54. The first-order chi connectivity index (χ1) is 13.9. The van der Waals surface area contributed by atoms with Gasteiger partial charge in [0.2, 0.25) is 11.8 Å². The van der Waals surface area contributed by atoms with Gasteiger partial charge in [0, 0.05) is 23.4 Å². The highest BCUT2D eigenvalue weighted by molar-refractivity contribution is 6.30. The Hall–Kier alpha value is -3.52. The van der Waals surface area contributed by atoms with Gasteiger partial charge in [0.15, 0.2) is 0 Å². The number of fused-ring (bicyclic) bond motifs is 1. The van der Waals surface area contributed by atoms with E-state index < -0.39 is 29.5 Å². The van der Waals surface area contributed by atoms with E-state index in [2.05, 4.69) is 5.32 Å². The van der Waals surface area contributed by atoms with Crippen molar-refractivity contribution in [1.82, 2.24) is 10.0 Å². The Kier molecular flexibility index (Phi) is 4.63. The van der Waals surface area contributed by atoms with E-state index in [1.807, 2.05) is 0 Å². The van der Waals surface area contributed by atoms with Gasteiger partial charge in [0.1, 0.15) is 0 Å². The van der Waals surface area contributed by atoms with Crippen molar-refractivity contribution in [2.75, 3.05) is 5.32 Å². The van der Waals surface area contributed by atoms with Crippen molar-refractivity contribution in [2.24, 2.45) is 0 Å². The number of anilines is 1. The van der Waals surface area contributed by atoms with Crippen LogP contribution in [0.5, 0.6) is 0 Å². The fourth-order valence-corrected chi connectivity index (χ4v) is 3.45. The maximum absolute atomic E-state index is 13.0. The summed E-state index contributed by atoms with van der Waals surface area (Å²) in [6.45, 7) is 0. The first-order valence-corrected chi connectivity index (χ1v) is 9.20. The molecule has 0 spiro atoms. The predicted molar refractivity (Wildman–Crippen MR) is 102 cm³/mol. The molecule has 0 radical (unpaired) electrons. The van der Waals surface area contributed by atoms with Crippen LogP contribution < -0.4 is 5.32 Å². The topological polar surface area (TPSA) is 104 Å². The molecule has 2 heterocycles. The number of halogens is 1. The summed E-state index contributed by atoms with van der Waals surface area (Å²) in [6, 6.07) is 10.5. The Morgan fingerprint density at radius 1 is 0.862 bits per heavy atom. The molecule has 2 aromatic carbocycles. The molecule has 9 heteroatoms. The molecule has 2 aromatic rings. The summed E-state index contributed by atoms with van der Waals surface area (Å²) in [6.07, 6.45) is 0.512. The van der Waals surface area contributed by atoms with Gasteiger partial charge in [-0.25, -0.2) is 0 Å². The first kappa shape index (κ1) is 18.8. The van der Waals surface area contributed by atoms with E-state index in [0.29, 0.717) is 27.0 Å². The maximum Gasteiger partial charge on any atom is 0.283 e. The minimum absolute atomic E-state index is 0.00933. The zero-order valence-corrected chi connectivity index (χ0v) is 15.7. The number of nitrogens with one attached hydrogen (secondary N) is 1. The standard InChI is InChI=1S/C20H14ClN3O5/c21-12-9-7-11(8-10-12)18(27)22-14-4-1-3-13-17(14)20(29)24(19(13)28)23-15(25)5-2-6-16(23)26/h1,3-4,7-10H,2,5-6H2,(H,22,27). The van der Waals surface area contributed by atoms with Gasteiger partial charge in [0.25, 0.3) is 17.7 Å². The molecule has 2 aliphatic heterocycles. The zero-order chi connectivity index (χ0) is 20.7. The number of hydrazine groups is 1. The Morgan fingerprint density at radius 2 is 1.52 bits per heavy atom. The van der Waals surface area contributed by atoms with Gasteiger partial charge in [-0.05, 0) is 42.8 Å². The number of hydrogen-bond donors (Lipinski definition) is 1. The summed E-state index contributed by atoms with van der Waals surface area (Å²) < 4.78 is 0. The Labute approximate surface area is 170 Å². The highest BCUT2D eigenvalue weighted by Crippen LogP contribution is 2.32. The third-order valence-electron chi connectivity index (χ3n) is 4.70. The quantitative estimate of drug-likeness (QED) is 0.782. The lowest BCUT2D eigenvalue weighted by Gasteiger charge is -2.30. The number of amides is 5. The van der Waals surface area contributed by atoms with Gasteiger partial charge < -0.3 is 5.32 Å². The molecular weight excluding hydrogens is 398 g/mol. The summed E-state index contributed by atoms with van der Waals surface area (Å²) in [7, 11) is 0. The number of rotatable bonds is 3. The van der Waals surface area contributed by atoms with Crippen LogP contribution in [0.15, 0.2) is 42.5 Å². The van der Waals surface area contributed by atoms with Crippen LogP contribution in [0.2, 0.25) is 5.02 Å². The smallest absolute Gasteiger partial charge is 0.283 e. The monoisotopic (exact) mass is 411 g/mol. The number of carbonyl (C=O) groups is 5. The molecule has 4 rings (SSSR count). The van der Waals surface area contributed by atoms with Crippen LogP contribution in [-0.4, -0.2) is 39.6 Å². The summed E-state index contributed by atoms with van der Waals surface area (Å²) in [5.41, 5.74) is 0.364. The van der Waals surface area contributed by atoms with Crippen LogP contribution in [0.1, 0.15) is 50.3 Å². The number of imide groups is 2. The molecule has 8 nitrogen and oxygen atoms in total. The molecule has 0 bridgehead atoms. The van der Waals surface area contributed by atoms with Crippen LogP contribution in [-0.2, 0) is 9.59 Å². The molecule has 1 saturated heterocycles. The van der Waals surface area contributed by atoms with Crippen LogP contribution >= 0.6 is 11.6 Å². The third kappa shape index (κ3) is 3.17. The van der Waals surface area contributed by atoms with Crippen molar-refractivity contribution < 1.29 is 24.0 Å². The minimum atomic E-state index is -0.833. The second kappa shape index (κ2) is 7.14. The average molecular weight is 412 g/mol. The molecule has 146 valence electrons. The summed E-state index contributed by atoms with van der Waals surface area (Å²) in [4.78, 5) is 62.6. The second-order valence-electron chi connectivity index (χ2n) is 6.56. The third-order valence-corrected chi connectivity index (χ3v) is 4.95. The summed E-state index contributed by atoms with van der Waals surface area (Å²) in [5.74, 6) is -3.33. The SMILES string of the molecule is O=C(Nc1cccc2c1C(=O)N(N1C(=O)CCCC1=O)C2=O)c1ccc(Cl)cc1. The highest BCUT2D eigenvalue weighted by Gasteiger charge is 2.46. The van der Waals surface area contributed by atoms with Gasteiger partial charge in [-0.3, -0.25) is 24.0 Å². The van der Waals surface area contributed by atoms with Gasteiger partial charge in [-0.2, -0.15) is 10.0 Å². The van der Waals surface area contributed by atoms with Crippen molar-refractivity contribution in [1.29, 1.82) is 0 Å². The van der Waals surface area contributed by atoms with Crippen LogP contribution in [0, 0.1) is 0 Å². The number of hydrogen-bond acceptors (Lipinski definition) is 5. The van der Waals surface area contributed by atoms with E-state index in [1.165, 1.54) is 30.3 Å². The lowest BCUT2D eigenvalue weighted by molar-refractivity contribution is -0.160. The van der Waals surface area contributed by atoms with Gasteiger partial charge in [0.05, 0.1) is 16.8 Å². The molecule has 5 amide bonds. The fourth-order valence-electron chi connectivity index (χ4n) is 3.32. The van der Waals surface area contributed by atoms with Crippen molar-refractivity contribution in [3.05, 3.63) is 64.2 Å². The Balaban J connectivity index is 1.67. The highest BCUT2D eigenvalue weighted by atomic mass is 35.5. The van der Waals surface area contributed by atoms with E-state index in [1.54, 1.807) is 12.1 Å². The zero-order valence-electron chi connectivity index (χ0n) is 15.0. The number of benzene rings is 2. The number of piperidine rings is 1. The van der Waals surface area contributed by atoms with E-state index >= 15 is 0 Å². The molecule has 0 atom stereocenters.